The molecule has 0 saturated heterocycles. The van der Waals surface area contributed by atoms with Crippen molar-refractivity contribution in [1.29, 1.82) is 0 Å². The largest absolute Gasteiger partial charge is 0.396 e. The van der Waals surface area contributed by atoms with Crippen molar-refractivity contribution in [1.82, 2.24) is 15.1 Å². The molecule has 0 radical (unpaired) electrons. The van der Waals surface area contributed by atoms with Gasteiger partial charge in [-0.1, -0.05) is 0 Å². The molecule has 0 bridgehead atoms. The van der Waals surface area contributed by atoms with Crippen LogP contribution in [0.5, 0.6) is 0 Å². The van der Waals surface area contributed by atoms with E-state index in [9.17, 15) is 4.79 Å². The maximum absolute atomic E-state index is 11.8. The molecule has 1 aromatic heterocycles. The molecule has 0 aromatic carbocycles. The molecule has 1 rings (SSSR count). The number of aliphatic hydroxyl groups excluding tert-OH is 1. The summed E-state index contributed by atoms with van der Waals surface area (Å²) < 4.78 is 1.67. The van der Waals surface area contributed by atoms with Gasteiger partial charge in [0.25, 0.3) is 5.91 Å². The molecule has 0 aliphatic heterocycles. The first kappa shape index (κ1) is 12.7. The Morgan fingerprint density at radius 2 is 2.38 bits per heavy atom. The molecule has 0 fully saturated rings. The fourth-order valence-corrected chi connectivity index (χ4v) is 1.49. The Kier molecular flexibility index (Phi) is 4.49. The van der Waals surface area contributed by atoms with Crippen LogP contribution >= 0.6 is 0 Å². The van der Waals surface area contributed by atoms with Gasteiger partial charge >= 0.3 is 0 Å². The van der Waals surface area contributed by atoms with Gasteiger partial charge in [-0.15, -0.1) is 0 Å². The van der Waals surface area contributed by atoms with Gasteiger partial charge in [0.15, 0.2) is 0 Å². The van der Waals surface area contributed by atoms with E-state index in [0.29, 0.717) is 12.0 Å². The highest BCUT2D eigenvalue weighted by atomic mass is 16.3. The third kappa shape index (κ3) is 3.06. The average Bonchev–Trinajstić information content (AvgIpc) is 2.57. The van der Waals surface area contributed by atoms with Crippen molar-refractivity contribution in [3.63, 3.8) is 0 Å². The summed E-state index contributed by atoms with van der Waals surface area (Å²) >= 11 is 0. The van der Waals surface area contributed by atoms with E-state index >= 15 is 0 Å². The van der Waals surface area contributed by atoms with E-state index in [4.69, 9.17) is 5.11 Å². The molecular formula is C11H19N3O2. The van der Waals surface area contributed by atoms with Crippen molar-refractivity contribution in [2.75, 3.05) is 6.61 Å². The molecule has 1 heterocycles. The first-order valence-corrected chi connectivity index (χ1v) is 5.46. The number of hydrogen-bond acceptors (Lipinski definition) is 3. The van der Waals surface area contributed by atoms with E-state index in [-0.39, 0.29) is 18.6 Å². The normalized spacial score (nSPS) is 12.5. The van der Waals surface area contributed by atoms with Crippen molar-refractivity contribution in [2.24, 2.45) is 7.05 Å². The number of hydrogen-bond donors (Lipinski definition) is 2. The molecule has 5 nitrogen and oxygen atoms in total. The van der Waals surface area contributed by atoms with Gasteiger partial charge in [-0.3, -0.25) is 9.48 Å². The van der Waals surface area contributed by atoms with Crippen LogP contribution in [0.3, 0.4) is 0 Å². The van der Waals surface area contributed by atoms with Gasteiger partial charge < -0.3 is 10.4 Å². The molecule has 1 unspecified atom stereocenters. The molecule has 5 heteroatoms. The summed E-state index contributed by atoms with van der Waals surface area (Å²) in [6, 6.07) is 0.0688. The molecule has 1 atom stereocenters. The fraction of sp³-hybridized carbons (Fsp3) is 0.636. The van der Waals surface area contributed by atoms with Crippen LogP contribution in [0.2, 0.25) is 0 Å². The third-order valence-corrected chi connectivity index (χ3v) is 2.65. The summed E-state index contributed by atoms with van der Waals surface area (Å²) in [7, 11) is 1.81. The Bertz CT molecular complexity index is 360. The fourth-order valence-electron chi connectivity index (χ4n) is 1.49. The second kappa shape index (κ2) is 5.65. The van der Waals surface area contributed by atoms with Crippen LogP contribution in [-0.4, -0.2) is 33.4 Å². The van der Waals surface area contributed by atoms with Crippen molar-refractivity contribution in [3.8, 4) is 0 Å². The van der Waals surface area contributed by atoms with Crippen LogP contribution in [-0.2, 0) is 7.05 Å². The molecule has 16 heavy (non-hydrogen) atoms. The van der Waals surface area contributed by atoms with E-state index in [2.05, 4.69) is 10.4 Å². The Labute approximate surface area is 95.5 Å². The van der Waals surface area contributed by atoms with Crippen LogP contribution < -0.4 is 5.32 Å². The molecule has 0 aliphatic carbocycles. The average molecular weight is 225 g/mol. The van der Waals surface area contributed by atoms with Gasteiger partial charge in [-0.25, -0.2) is 0 Å². The van der Waals surface area contributed by atoms with Crippen LogP contribution in [0.4, 0.5) is 0 Å². The van der Waals surface area contributed by atoms with Crippen molar-refractivity contribution < 1.29 is 9.90 Å². The highest BCUT2D eigenvalue weighted by molar-refractivity contribution is 5.95. The lowest BCUT2D eigenvalue weighted by Gasteiger charge is -2.12. The summed E-state index contributed by atoms with van der Waals surface area (Å²) in [4.78, 5) is 11.8. The molecule has 0 spiro atoms. The predicted molar refractivity (Wildman–Crippen MR) is 61.2 cm³/mol. The maximum atomic E-state index is 11.8. The highest BCUT2D eigenvalue weighted by Gasteiger charge is 2.14. The topological polar surface area (TPSA) is 67.2 Å². The Hall–Kier alpha value is -1.36. The predicted octanol–water partition coefficient (Wildman–Crippen LogP) is 0.619. The number of nitrogens with zero attached hydrogens (tertiary/aromatic N) is 2. The van der Waals surface area contributed by atoms with E-state index in [1.165, 1.54) is 0 Å². The molecule has 2 N–H and O–H groups in total. The molecule has 90 valence electrons. The summed E-state index contributed by atoms with van der Waals surface area (Å²) in [6.07, 6.45) is 3.05. The molecule has 1 amide bonds. The monoisotopic (exact) mass is 225 g/mol. The summed E-state index contributed by atoms with van der Waals surface area (Å²) in [5, 5.41) is 15.6. The van der Waals surface area contributed by atoms with Gasteiger partial charge in [0.05, 0.1) is 11.8 Å². The summed E-state index contributed by atoms with van der Waals surface area (Å²) in [6.45, 7) is 3.95. The molecule has 0 aliphatic rings. The summed E-state index contributed by atoms with van der Waals surface area (Å²) in [5.74, 6) is -0.101. The Morgan fingerprint density at radius 3 is 2.88 bits per heavy atom. The second-order valence-corrected chi connectivity index (χ2v) is 4.01. The second-order valence-electron chi connectivity index (χ2n) is 4.01. The quantitative estimate of drug-likeness (QED) is 0.772. The maximum Gasteiger partial charge on any atom is 0.254 e. The minimum Gasteiger partial charge on any atom is -0.396 e. The van der Waals surface area contributed by atoms with Gasteiger partial charge in [0.2, 0.25) is 0 Å². The standard InChI is InChI=1S/C11H19N3O2/c1-8(5-4-6-15)13-11(16)10-7-12-14(3)9(10)2/h7-8,15H,4-6H2,1-3H3,(H,13,16). The van der Waals surface area contributed by atoms with Gasteiger partial charge in [-0.05, 0) is 26.7 Å². The number of amides is 1. The van der Waals surface area contributed by atoms with Gasteiger partial charge in [-0.2, -0.15) is 5.10 Å². The first-order chi connectivity index (χ1) is 7.56. The van der Waals surface area contributed by atoms with Gasteiger partial charge in [0.1, 0.15) is 0 Å². The highest BCUT2D eigenvalue weighted by Crippen LogP contribution is 2.06. The van der Waals surface area contributed by atoms with Crippen molar-refractivity contribution >= 4 is 5.91 Å². The lowest BCUT2D eigenvalue weighted by atomic mass is 10.1. The minimum absolute atomic E-state index is 0.0688. The SMILES string of the molecule is Cc1c(C(=O)NC(C)CCCO)cnn1C. The van der Waals surface area contributed by atoms with Crippen molar-refractivity contribution in [2.45, 2.75) is 32.7 Å². The molecular weight excluding hydrogens is 206 g/mol. The number of aromatic nitrogens is 2. The number of nitrogens with one attached hydrogen (secondary N) is 1. The van der Waals surface area contributed by atoms with Gasteiger partial charge in [0, 0.05) is 25.4 Å². The zero-order chi connectivity index (χ0) is 12.1. The minimum atomic E-state index is -0.101. The number of aryl methyl sites for hydroxylation is 1. The first-order valence-electron chi connectivity index (χ1n) is 5.46. The lowest BCUT2D eigenvalue weighted by molar-refractivity contribution is 0.0935. The number of rotatable bonds is 5. The third-order valence-electron chi connectivity index (χ3n) is 2.65. The van der Waals surface area contributed by atoms with Crippen LogP contribution in [0.25, 0.3) is 0 Å². The Morgan fingerprint density at radius 1 is 1.69 bits per heavy atom. The number of carbonyl (C=O) groups excluding carboxylic acids is 1. The van der Waals surface area contributed by atoms with Crippen molar-refractivity contribution in [3.05, 3.63) is 17.5 Å². The van der Waals surface area contributed by atoms with Crippen LogP contribution in [0, 0.1) is 6.92 Å². The van der Waals surface area contributed by atoms with E-state index in [1.54, 1.807) is 17.9 Å². The van der Waals surface area contributed by atoms with Crippen LogP contribution in [0.15, 0.2) is 6.20 Å². The molecule has 1 aromatic rings. The zero-order valence-corrected chi connectivity index (χ0v) is 10.0. The van der Waals surface area contributed by atoms with E-state index < -0.39 is 0 Å². The van der Waals surface area contributed by atoms with E-state index in [0.717, 1.165) is 12.1 Å². The number of carbonyl (C=O) groups is 1. The smallest absolute Gasteiger partial charge is 0.254 e. The van der Waals surface area contributed by atoms with Crippen LogP contribution in [0.1, 0.15) is 35.8 Å². The zero-order valence-electron chi connectivity index (χ0n) is 10.0. The summed E-state index contributed by atoms with van der Waals surface area (Å²) in [5.41, 5.74) is 1.46. The molecule has 0 saturated carbocycles. The Balaban J connectivity index is 2.55. The van der Waals surface area contributed by atoms with E-state index in [1.807, 2.05) is 13.8 Å². The lowest BCUT2D eigenvalue weighted by Crippen LogP contribution is -2.32. The number of aliphatic hydroxyl groups is 1.